The van der Waals surface area contributed by atoms with Crippen molar-refractivity contribution in [3.05, 3.63) is 29.8 Å². The number of ether oxygens (including phenoxy) is 3. The lowest BCUT2D eigenvalue weighted by atomic mass is 10.1. The Hall–Kier alpha value is -1.10. The van der Waals surface area contributed by atoms with Crippen molar-refractivity contribution in [1.82, 2.24) is 0 Å². The number of aliphatic hydroxyl groups excluding tert-OH is 1. The van der Waals surface area contributed by atoms with E-state index in [1.165, 1.54) is 0 Å². The van der Waals surface area contributed by atoms with E-state index in [-0.39, 0.29) is 6.10 Å². The molecule has 0 aliphatic rings. The average molecular weight is 254 g/mol. The van der Waals surface area contributed by atoms with Crippen LogP contribution in [0.3, 0.4) is 0 Å². The first-order chi connectivity index (χ1) is 8.69. The van der Waals surface area contributed by atoms with Gasteiger partial charge in [0, 0.05) is 20.3 Å². The average Bonchev–Trinajstić information content (AvgIpc) is 2.42. The topological polar surface area (TPSA) is 47.9 Å². The van der Waals surface area contributed by atoms with E-state index in [1.807, 2.05) is 31.2 Å². The lowest BCUT2D eigenvalue weighted by Crippen LogP contribution is -2.19. The van der Waals surface area contributed by atoms with Crippen LogP contribution in [0.4, 0.5) is 0 Å². The van der Waals surface area contributed by atoms with Gasteiger partial charge in [0.1, 0.15) is 11.9 Å². The van der Waals surface area contributed by atoms with E-state index in [0.29, 0.717) is 13.2 Å². The van der Waals surface area contributed by atoms with Crippen molar-refractivity contribution in [2.45, 2.75) is 25.6 Å². The van der Waals surface area contributed by atoms with Gasteiger partial charge in [0.2, 0.25) is 0 Å². The molecule has 2 atom stereocenters. The minimum absolute atomic E-state index is 0.241. The third-order valence-electron chi connectivity index (χ3n) is 2.78. The first-order valence-corrected chi connectivity index (χ1v) is 6.11. The van der Waals surface area contributed by atoms with Crippen LogP contribution in [0.5, 0.6) is 5.75 Å². The molecule has 1 N–H and O–H groups in total. The fourth-order valence-corrected chi connectivity index (χ4v) is 1.64. The van der Waals surface area contributed by atoms with Gasteiger partial charge in [-0.15, -0.1) is 0 Å². The molecule has 0 aliphatic heterocycles. The summed E-state index contributed by atoms with van der Waals surface area (Å²) in [6, 6.07) is 7.35. The summed E-state index contributed by atoms with van der Waals surface area (Å²) < 4.78 is 15.6. The molecular formula is C14H22O4. The fourth-order valence-electron chi connectivity index (χ4n) is 1.64. The van der Waals surface area contributed by atoms with Crippen LogP contribution in [0.15, 0.2) is 24.3 Å². The Morgan fingerprint density at radius 1 is 1.11 bits per heavy atom. The Labute approximate surface area is 108 Å². The number of benzene rings is 1. The van der Waals surface area contributed by atoms with Gasteiger partial charge < -0.3 is 19.3 Å². The van der Waals surface area contributed by atoms with Gasteiger partial charge in [-0.25, -0.2) is 0 Å². The van der Waals surface area contributed by atoms with E-state index in [2.05, 4.69) is 0 Å². The Kier molecular flexibility index (Phi) is 6.72. The second-order valence-electron chi connectivity index (χ2n) is 4.14. The second kappa shape index (κ2) is 8.08. The molecule has 0 amide bonds. The summed E-state index contributed by atoms with van der Waals surface area (Å²) in [4.78, 5) is 0. The summed E-state index contributed by atoms with van der Waals surface area (Å²) in [5.41, 5.74) is 0.829. The van der Waals surface area contributed by atoms with Crippen molar-refractivity contribution in [2.24, 2.45) is 0 Å². The zero-order valence-corrected chi connectivity index (χ0v) is 11.3. The second-order valence-corrected chi connectivity index (χ2v) is 4.14. The van der Waals surface area contributed by atoms with Gasteiger partial charge in [0.25, 0.3) is 0 Å². The molecule has 0 heterocycles. The molecule has 0 spiro atoms. The molecule has 2 unspecified atom stereocenters. The number of rotatable bonds is 8. The van der Waals surface area contributed by atoms with Gasteiger partial charge in [-0.2, -0.15) is 0 Å². The van der Waals surface area contributed by atoms with Gasteiger partial charge in [0.05, 0.1) is 13.2 Å². The van der Waals surface area contributed by atoms with E-state index in [9.17, 15) is 5.11 Å². The SMILES string of the molecule is COCCCOC(C)C(O)c1ccc(OC)cc1. The van der Waals surface area contributed by atoms with Crippen LogP contribution in [0.2, 0.25) is 0 Å². The largest absolute Gasteiger partial charge is 0.497 e. The van der Waals surface area contributed by atoms with Crippen LogP contribution in [0.1, 0.15) is 25.0 Å². The smallest absolute Gasteiger partial charge is 0.118 e. The summed E-state index contributed by atoms with van der Waals surface area (Å²) in [7, 11) is 3.28. The van der Waals surface area contributed by atoms with E-state index in [0.717, 1.165) is 17.7 Å². The highest BCUT2D eigenvalue weighted by Gasteiger charge is 2.16. The van der Waals surface area contributed by atoms with Crippen molar-refractivity contribution in [2.75, 3.05) is 27.4 Å². The highest BCUT2D eigenvalue weighted by atomic mass is 16.5. The third kappa shape index (κ3) is 4.64. The molecule has 0 saturated carbocycles. The first-order valence-electron chi connectivity index (χ1n) is 6.11. The van der Waals surface area contributed by atoms with Crippen LogP contribution in [0.25, 0.3) is 0 Å². The molecular weight excluding hydrogens is 232 g/mol. The zero-order valence-electron chi connectivity index (χ0n) is 11.3. The number of hydrogen-bond donors (Lipinski definition) is 1. The molecule has 1 aromatic carbocycles. The summed E-state index contributed by atoms with van der Waals surface area (Å²) >= 11 is 0. The van der Waals surface area contributed by atoms with Crippen molar-refractivity contribution >= 4 is 0 Å². The van der Waals surface area contributed by atoms with Crippen molar-refractivity contribution < 1.29 is 19.3 Å². The first kappa shape index (κ1) is 15.0. The molecule has 0 saturated heterocycles. The monoisotopic (exact) mass is 254 g/mol. The number of hydrogen-bond acceptors (Lipinski definition) is 4. The third-order valence-corrected chi connectivity index (χ3v) is 2.78. The molecule has 1 aromatic rings. The molecule has 0 aliphatic carbocycles. The van der Waals surface area contributed by atoms with Crippen LogP contribution in [-0.4, -0.2) is 38.6 Å². The Balaban J connectivity index is 2.43. The molecule has 4 heteroatoms. The predicted molar refractivity (Wildman–Crippen MR) is 69.9 cm³/mol. The molecule has 0 radical (unpaired) electrons. The minimum Gasteiger partial charge on any atom is -0.497 e. The zero-order chi connectivity index (χ0) is 13.4. The maximum Gasteiger partial charge on any atom is 0.118 e. The van der Waals surface area contributed by atoms with E-state index in [4.69, 9.17) is 14.2 Å². The fraction of sp³-hybridized carbons (Fsp3) is 0.571. The lowest BCUT2D eigenvalue weighted by Gasteiger charge is -2.20. The van der Waals surface area contributed by atoms with Crippen molar-refractivity contribution in [3.8, 4) is 5.75 Å². The normalized spacial score (nSPS) is 14.2. The predicted octanol–water partition coefficient (Wildman–Crippen LogP) is 2.17. The van der Waals surface area contributed by atoms with Gasteiger partial charge in [-0.05, 0) is 31.0 Å². The van der Waals surface area contributed by atoms with E-state index < -0.39 is 6.10 Å². The molecule has 1 rings (SSSR count). The van der Waals surface area contributed by atoms with Crippen LogP contribution in [0, 0.1) is 0 Å². The van der Waals surface area contributed by atoms with Gasteiger partial charge >= 0.3 is 0 Å². The highest BCUT2D eigenvalue weighted by molar-refractivity contribution is 5.28. The molecule has 102 valence electrons. The standard InChI is InChI=1S/C14H22O4/c1-11(18-10-4-9-16-2)14(15)12-5-7-13(17-3)8-6-12/h5-8,11,14-15H,4,9-10H2,1-3H3. The summed E-state index contributed by atoms with van der Waals surface area (Å²) in [6.07, 6.45) is -0.0374. The highest BCUT2D eigenvalue weighted by Crippen LogP contribution is 2.21. The van der Waals surface area contributed by atoms with E-state index >= 15 is 0 Å². The van der Waals surface area contributed by atoms with E-state index in [1.54, 1.807) is 14.2 Å². The lowest BCUT2D eigenvalue weighted by molar-refractivity contribution is -0.0328. The Morgan fingerprint density at radius 2 is 1.78 bits per heavy atom. The van der Waals surface area contributed by atoms with Crippen molar-refractivity contribution in [3.63, 3.8) is 0 Å². The molecule has 18 heavy (non-hydrogen) atoms. The molecule has 0 bridgehead atoms. The molecule has 0 aromatic heterocycles. The quantitative estimate of drug-likeness (QED) is 0.722. The molecule has 0 fully saturated rings. The van der Waals surface area contributed by atoms with Gasteiger partial charge in [-0.3, -0.25) is 0 Å². The molecule has 4 nitrogen and oxygen atoms in total. The van der Waals surface area contributed by atoms with Crippen LogP contribution < -0.4 is 4.74 Å². The maximum absolute atomic E-state index is 10.1. The van der Waals surface area contributed by atoms with Gasteiger partial charge in [-0.1, -0.05) is 12.1 Å². The summed E-state index contributed by atoms with van der Waals surface area (Å²) in [6.45, 7) is 3.12. The van der Waals surface area contributed by atoms with Crippen LogP contribution >= 0.6 is 0 Å². The minimum atomic E-state index is -0.626. The Morgan fingerprint density at radius 3 is 2.33 bits per heavy atom. The van der Waals surface area contributed by atoms with Gasteiger partial charge in [0.15, 0.2) is 0 Å². The van der Waals surface area contributed by atoms with Crippen molar-refractivity contribution in [1.29, 1.82) is 0 Å². The maximum atomic E-state index is 10.1. The number of aliphatic hydroxyl groups is 1. The Bertz CT molecular complexity index is 323. The number of methoxy groups -OCH3 is 2. The summed E-state index contributed by atoms with van der Waals surface area (Å²) in [5.74, 6) is 0.777. The summed E-state index contributed by atoms with van der Waals surface area (Å²) in [5, 5.41) is 10.1. The van der Waals surface area contributed by atoms with Crippen LogP contribution in [-0.2, 0) is 9.47 Å².